The van der Waals surface area contributed by atoms with Crippen LogP contribution in [0.1, 0.15) is 25.7 Å². The van der Waals surface area contributed by atoms with Crippen molar-refractivity contribution in [2.45, 2.75) is 31.8 Å². The van der Waals surface area contributed by atoms with Crippen molar-refractivity contribution in [3.8, 4) is 0 Å². The smallest absolute Gasteiger partial charge is 0.0571 e. The molecule has 1 N–H and O–H groups in total. The SMILES string of the molecule is CO.COC1CCCC1. The van der Waals surface area contributed by atoms with Crippen molar-refractivity contribution in [1.82, 2.24) is 0 Å². The Morgan fingerprint density at radius 1 is 1.22 bits per heavy atom. The maximum Gasteiger partial charge on any atom is 0.0571 e. The highest BCUT2D eigenvalue weighted by Crippen LogP contribution is 2.19. The molecule has 1 aliphatic rings. The van der Waals surface area contributed by atoms with Gasteiger partial charge in [0.1, 0.15) is 0 Å². The molecule has 2 nitrogen and oxygen atoms in total. The van der Waals surface area contributed by atoms with E-state index in [1.165, 1.54) is 25.7 Å². The Bertz CT molecular complexity index is 48.9. The van der Waals surface area contributed by atoms with Gasteiger partial charge < -0.3 is 9.84 Å². The molecule has 0 unspecified atom stereocenters. The Hall–Kier alpha value is -0.0800. The number of aliphatic hydroxyl groups excluding tert-OH is 1. The lowest BCUT2D eigenvalue weighted by Crippen LogP contribution is -2.01. The summed E-state index contributed by atoms with van der Waals surface area (Å²) in [5.41, 5.74) is 0. The molecule has 56 valence electrons. The predicted octanol–water partition coefficient (Wildman–Crippen LogP) is 1.18. The topological polar surface area (TPSA) is 29.5 Å². The number of hydrogen-bond acceptors (Lipinski definition) is 2. The van der Waals surface area contributed by atoms with Crippen molar-refractivity contribution >= 4 is 0 Å². The summed E-state index contributed by atoms with van der Waals surface area (Å²) in [5.74, 6) is 0. The van der Waals surface area contributed by atoms with Gasteiger partial charge in [0.15, 0.2) is 0 Å². The van der Waals surface area contributed by atoms with E-state index in [-0.39, 0.29) is 0 Å². The molecule has 0 aromatic heterocycles. The summed E-state index contributed by atoms with van der Waals surface area (Å²) in [6, 6.07) is 0. The van der Waals surface area contributed by atoms with Crippen LogP contribution in [0.25, 0.3) is 0 Å². The zero-order valence-corrected chi connectivity index (χ0v) is 6.26. The molecule has 0 radical (unpaired) electrons. The minimum atomic E-state index is 0.597. The van der Waals surface area contributed by atoms with Gasteiger partial charge in [-0.15, -0.1) is 0 Å². The fraction of sp³-hybridized carbons (Fsp3) is 1.00. The second kappa shape index (κ2) is 6.05. The number of rotatable bonds is 1. The Kier molecular flexibility index (Phi) is 5.99. The van der Waals surface area contributed by atoms with Gasteiger partial charge >= 0.3 is 0 Å². The van der Waals surface area contributed by atoms with Crippen molar-refractivity contribution in [3.05, 3.63) is 0 Å². The van der Waals surface area contributed by atoms with Gasteiger partial charge in [0.25, 0.3) is 0 Å². The van der Waals surface area contributed by atoms with E-state index < -0.39 is 0 Å². The Labute approximate surface area is 56.8 Å². The van der Waals surface area contributed by atoms with Crippen LogP contribution >= 0.6 is 0 Å². The van der Waals surface area contributed by atoms with Crippen molar-refractivity contribution in [2.24, 2.45) is 0 Å². The van der Waals surface area contributed by atoms with E-state index in [1.54, 1.807) is 7.11 Å². The molecule has 0 aromatic rings. The molecular weight excluding hydrogens is 116 g/mol. The lowest BCUT2D eigenvalue weighted by molar-refractivity contribution is 0.109. The van der Waals surface area contributed by atoms with E-state index in [1.807, 2.05) is 0 Å². The predicted molar refractivity (Wildman–Crippen MR) is 37.4 cm³/mol. The largest absolute Gasteiger partial charge is 0.400 e. The molecule has 0 saturated heterocycles. The average molecular weight is 132 g/mol. The van der Waals surface area contributed by atoms with Crippen molar-refractivity contribution in [3.63, 3.8) is 0 Å². The summed E-state index contributed by atoms with van der Waals surface area (Å²) in [4.78, 5) is 0. The summed E-state index contributed by atoms with van der Waals surface area (Å²) >= 11 is 0. The fourth-order valence-corrected chi connectivity index (χ4v) is 1.12. The molecule has 1 fully saturated rings. The van der Waals surface area contributed by atoms with E-state index in [0.717, 1.165) is 7.11 Å². The van der Waals surface area contributed by atoms with Gasteiger partial charge in [0.2, 0.25) is 0 Å². The second-order valence-corrected chi connectivity index (χ2v) is 2.14. The summed E-state index contributed by atoms with van der Waals surface area (Å²) in [6.07, 6.45) is 5.92. The van der Waals surface area contributed by atoms with Crippen LogP contribution in [0.3, 0.4) is 0 Å². The maximum atomic E-state index is 7.00. The quantitative estimate of drug-likeness (QED) is 0.580. The molecule has 1 rings (SSSR count). The highest BCUT2D eigenvalue weighted by Gasteiger charge is 2.12. The van der Waals surface area contributed by atoms with Gasteiger partial charge in [-0.25, -0.2) is 0 Å². The Morgan fingerprint density at radius 3 is 1.89 bits per heavy atom. The first kappa shape index (κ1) is 8.92. The van der Waals surface area contributed by atoms with Gasteiger partial charge in [-0.3, -0.25) is 0 Å². The van der Waals surface area contributed by atoms with Crippen LogP contribution in [-0.4, -0.2) is 25.4 Å². The highest BCUT2D eigenvalue weighted by molar-refractivity contribution is 4.65. The second-order valence-electron chi connectivity index (χ2n) is 2.14. The van der Waals surface area contributed by atoms with Crippen LogP contribution in [0, 0.1) is 0 Å². The van der Waals surface area contributed by atoms with Gasteiger partial charge in [-0.1, -0.05) is 12.8 Å². The Morgan fingerprint density at radius 2 is 1.67 bits per heavy atom. The first-order chi connectivity index (χ1) is 4.43. The van der Waals surface area contributed by atoms with Crippen LogP contribution in [0.15, 0.2) is 0 Å². The number of ether oxygens (including phenoxy) is 1. The van der Waals surface area contributed by atoms with Crippen LogP contribution < -0.4 is 0 Å². The third-order valence-corrected chi connectivity index (χ3v) is 1.64. The molecule has 0 amide bonds. The van der Waals surface area contributed by atoms with Crippen molar-refractivity contribution < 1.29 is 9.84 Å². The molecule has 0 spiro atoms. The van der Waals surface area contributed by atoms with E-state index in [0.29, 0.717) is 6.10 Å². The molecular formula is C7H16O2. The average Bonchev–Trinajstić information content (AvgIpc) is 2.43. The van der Waals surface area contributed by atoms with Crippen LogP contribution in [0.5, 0.6) is 0 Å². The normalized spacial score (nSPS) is 19.0. The molecule has 0 aromatic carbocycles. The zero-order chi connectivity index (χ0) is 7.11. The van der Waals surface area contributed by atoms with E-state index in [4.69, 9.17) is 9.84 Å². The first-order valence-corrected chi connectivity index (χ1v) is 3.41. The van der Waals surface area contributed by atoms with Crippen molar-refractivity contribution in [1.29, 1.82) is 0 Å². The minimum absolute atomic E-state index is 0.597. The summed E-state index contributed by atoms with van der Waals surface area (Å²) in [6.45, 7) is 0. The van der Waals surface area contributed by atoms with Gasteiger partial charge in [-0.05, 0) is 12.8 Å². The lowest BCUT2D eigenvalue weighted by Gasteiger charge is -2.02. The highest BCUT2D eigenvalue weighted by atomic mass is 16.5. The van der Waals surface area contributed by atoms with Crippen molar-refractivity contribution in [2.75, 3.05) is 14.2 Å². The van der Waals surface area contributed by atoms with Gasteiger partial charge in [0.05, 0.1) is 6.10 Å². The molecule has 9 heavy (non-hydrogen) atoms. The fourth-order valence-electron chi connectivity index (χ4n) is 1.12. The summed E-state index contributed by atoms with van der Waals surface area (Å²) < 4.78 is 5.11. The molecule has 0 aliphatic heterocycles. The summed E-state index contributed by atoms with van der Waals surface area (Å²) in [7, 11) is 2.80. The Balaban J connectivity index is 0.000000291. The monoisotopic (exact) mass is 132 g/mol. The van der Waals surface area contributed by atoms with Crippen LogP contribution in [-0.2, 0) is 4.74 Å². The third kappa shape index (κ3) is 3.49. The molecule has 2 heteroatoms. The number of hydrogen-bond donors (Lipinski definition) is 1. The molecule has 0 atom stereocenters. The maximum absolute atomic E-state index is 7.00. The molecule has 0 heterocycles. The summed E-state index contributed by atoms with van der Waals surface area (Å²) in [5, 5.41) is 7.00. The van der Waals surface area contributed by atoms with Gasteiger partial charge in [0, 0.05) is 14.2 Å². The van der Waals surface area contributed by atoms with Gasteiger partial charge in [-0.2, -0.15) is 0 Å². The first-order valence-electron chi connectivity index (χ1n) is 3.41. The standard InChI is InChI=1S/C6H12O.CH4O/c1-7-6-4-2-3-5-6;1-2/h6H,2-5H2,1H3;2H,1H3. The van der Waals surface area contributed by atoms with E-state index in [2.05, 4.69) is 0 Å². The number of methoxy groups -OCH3 is 1. The van der Waals surface area contributed by atoms with E-state index >= 15 is 0 Å². The van der Waals surface area contributed by atoms with Crippen LogP contribution in [0.4, 0.5) is 0 Å². The molecule has 1 aliphatic carbocycles. The zero-order valence-electron chi connectivity index (χ0n) is 6.26. The third-order valence-electron chi connectivity index (χ3n) is 1.64. The lowest BCUT2D eigenvalue weighted by atomic mass is 10.3. The minimum Gasteiger partial charge on any atom is -0.400 e. The molecule has 1 saturated carbocycles. The molecule has 0 bridgehead atoms. The number of aliphatic hydroxyl groups is 1. The van der Waals surface area contributed by atoms with E-state index in [9.17, 15) is 0 Å². The van der Waals surface area contributed by atoms with Crippen LogP contribution in [0.2, 0.25) is 0 Å².